The average Bonchev–Trinajstić information content (AvgIpc) is 2.73. The fraction of sp³-hybridized carbons (Fsp3) is 0.643. The molecule has 0 amide bonds. The van der Waals surface area contributed by atoms with Crippen LogP contribution in [0.25, 0.3) is 0 Å². The topological polar surface area (TPSA) is 42.1 Å². The third-order valence-corrected chi connectivity index (χ3v) is 3.60. The largest absolute Gasteiger partial charge is 0.462 e. The molecule has 0 aromatic carbocycles. The number of nitrogens with one attached hydrogen (secondary N) is 1. The zero-order chi connectivity index (χ0) is 12.3. The number of hydrogen-bond donors (Lipinski definition) is 1. The van der Waals surface area contributed by atoms with Gasteiger partial charge in [-0.1, -0.05) is 19.3 Å². The number of rotatable bonds is 3. The van der Waals surface area contributed by atoms with Crippen LogP contribution in [-0.2, 0) is 4.74 Å². The lowest BCUT2D eigenvalue weighted by molar-refractivity contribution is 0.0523. The fourth-order valence-electron chi connectivity index (χ4n) is 2.73. The van der Waals surface area contributed by atoms with Crippen molar-refractivity contribution in [2.45, 2.75) is 51.9 Å². The molecule has 0 unspecified atom stereocenters. The van der Waals surface area contributed by atoms with Crippen LogP contribution in [0.2, 0.25) is 0 Å². The van der Waals surface area contributed by atoms with Crippen molar-refractivity contribution in [1.29, 1.82) is 0 Å². The second-order valence-electron chi connectivity index (χ2n) is 4.82. The molecule has 3 nitrogen and oxygen atoms in total. The van der Waals surface area contributed by atoms with Crippen LogP contribution in [0.5, 0.6) is 0 Å². The molecule has 3 heteroatoms. The van der Waals surface area contributed by atoms with Crippen LogP contribution in [0.3, 0.4) is 0 Å². The normalized spacial score (nSPS) is 17.1. The van der Waals surface area contributed by atoms with E-state index in [-0.39, 0.29) is 5.97 Å². The first-order valence-electron chi connectivity index (χ1n) is 6.59. The van der Waals surface area contributed by atoms with Crippen LogP contribution in [0, 0.1) is 6.92 Å². The Balaban J connectivity index is 2.24. The summed E-state index contributed by atoms with van der Waals surface area (Å²) >= 11 is 0. The molecule has 1 saturated carbocycles. The first-order valence-corrected chi connectivity index (χ1v) is 6.59. The molecule has 1 heterocycles. The van der Waals surface area contributed by atoms with Crippen molar-refractivity contribution in [1.82, 2.24) is 4.98 Å². The third-order valence-electron chi connectivity index (χ3n) is 3.60. The van der Waals surface area contributed by atoms with E-state index in [4.69, 9.17) is 4.74 Å². The molecule has 1 N–H and O–H groups in total. The van der Waals surface area contributed by atoms with Crippen LogP contribution in [-0.4, -0.2) is 17.6 Å². The summed E-state index contributed by atoms with van der Waals surface area (Å²) in [5, 5.41) is 0. The first-order chi connectivity index (χ1) is 8.24. The van der Waals surface area contributed by atoms with Crippen molar-refractivity contribution < 1.29 is 9.53 Å². The number of esters is 1. The Morgan fingerprint density at radius 3 is 2.76 bits per heavy atom. The molecule has 0 radical (unpaired) electrons. The van der Waals surface area contributed by atoms with E-state index in [2.05, 4.69) is 4.98 Å². The molecule has 1 aliphatic rings. The van der Waals surface area contributed by atoms with Crippen molar-refractivity contribution in [2.75, 3.05) is 6.61 Å². The lowest BCUT2D eigenvalue weighted by atomic mass is 9.85. The number of hydrogen-bond acceptors (Lipinski definition) is 2. The monoisotopic (exact) mass is 235 g/mol. The van der Waals surface area contributed by atoms with Crippen molar-refractivity contribution >= 4 is 5.97 Å². The molecule has 0 saturated heterocycles. The summed E-state index contributed by atoms with van der Waals surface area (Å²) in [7, 11) is 0. The van der Waals surface area contributed by atoms with Gasteiger partial charge in [-0.15, -0.1) is 0 Å². The Morgan fingerprint density at radius 1 is 1.41 bits per heavy atom. The molecular formula is C14H21NO2. The molecule has 0 bridgehead atoms. The van der Waals surface area contributed by atoms with Crippen LogP contribution < -0.4 is 0 Å². The van der Waals surface area contributed by atoms with Gasteiger partial charge < -0.3 is 9.72 Å². The summed E-state index contributed by atoms with van der Waals surface area (Å²) in [6, 6.07) is 0. The molecule has 0 spiro atoms. The van der Waals surface area contributed by atoms with Crippen molar-refractivity contribution in [3.8, 4) is 0 Å². The number of aromatic nitrogens is 1. The summed E-state index contributed by atoms with van der Waals surface area (Å²) in [4.78, 5) is 15.2. The van der Waals surface area contributed by atoms with Gasteiger partial charge >= 0.3 is 5.97 Å². The molecule has 1 aliphatic carbocycles. The van der Waals surface area contributed by atoms with E-state index >= 15 is 0 Å². The second-order valence-corrected chi connectivity index (χ2v) is 4.82. The minimum Gasteiger partial charge on any atom is -0.462 e. The Bertz CT molecular complexity index is 389. The number of ether oxygens (including phenoxy) is 1. The number of aryl methyl sites for hydroxylation is 1. The highest BCUT2D eigenvalue weighted by molar-refractivity contribution is 5.92. The smallest absolute Gasteiger partial charge is 0.340 e. The number of carbonyl (C=O) groups excluding carboxylic acids is 1. The Morgan fingerprint density at radius 2 is 2.12 bits per heavy atom. The number of carbonyl (C=O) groups is 1. The van der Waals surface area contributed by atoms with Crippen molar-refractivity contribution in [3.63, 3.8) is 0 Å². The average molecular weight is 235 g/mol. The highest BCUT2D eigenvalue weighted by Gasteiger charge is 2.25. The third kappa shape index (κ3) is 2.54. The molecule has 1 fully saturated rings. The summed E-state index contributed by atoms with van der Waals surface area (Å²) in [5.41, 5.74) is 2.88. The predicted molar refractivity (Wildman–Crippen MR) is 67.3 cm³/mol. The summed E-state index contributed by atoms with van der Waals surface area (Å²) in [6.45, 7) is 4.25. The van der Waals surface area contributed by atoms with Gasteiger partial charge in [-0.3, -0.25) is 0 Å². The molecule has 2 rings (SSSR count). The van der Waals surface area contributed by atoms with Crippen molar-refractivity contribution in [3.05, 3.63) is 23.0 Å². The number of aromatic amines is 1. The highest BCUT2D eigenvalue weighted by Crippen LogP contribution is 2.34. The molecule has 94 valence electrons. The lowest BCUT2D eigenvalue weighted by Crippen LogP contribution is -2.13. The predicted octanol–water partition coefficient (Wildman–Crippen LogP) is 3.55. The first kappa shape index (κ1) is 12.2. The van der Waals surface area contributed by atoms with Crippen LogP contribution in [0.15, 0.2) is 6.20 Å². The molecule has 0 aliphatic heterocycles. The Kier molecular flexibility index (Phi) is 3.87. The van der Waals surface area contributed by atoms with Gasteiger partial charge in [0, 0.05) is 11.9 Å². The van der Waals surface area contributed by atoms with E-state index in [0.29, 0.717) is 12.5 Å². The minimum absolute atomic E-state index is 0.174. The SMILES string of the molecule is CCOC(=O)c1c(C)c[nH]c1C1CCCCC1. The fourth-order valence-corrected chi connectivity index (χ4v) is 2.73. The second kappa shape index (κ2) is 5.39. The van der Waals surface area contributed by atoms with Gasteiger partial charge in [0.15, 0.2) is 0 Å². The van der Waals surface area contributed by atoms with E-state index in [1.807, 2.05) is 20.0 Å². The summed E-state index contributed by atoms with van der Waals surface area (Å²) in [5.74, 6) is 0.337. The van der Waals surface area contributed by atoms with E-state index in [1.54, 1.807) is 0 Å². The van der Waals surface area contributed by atoms with Crippen LogP contribution in [0.1, 0.15) is 66.6 Å². The molecule has 1 aromatic heterocycles. The van der Waals surface area contributed by atoms with E-state index in [0.717, 1.165) is 16.8 Å². The zero-order valence-corrected chi connectivity index (χ0v) is 10.7. The molecular weight excluding hydrogens is 214 g/mol. The molecule has 1 aromatic rings. The van der Waals surface area contributed by atoms with Gasteiger partial charge in [0.25, 0.3) is 0 Å². The minimum atomic E-state index is -0.174. The summed E-state index contributed by atoms with van der Waals surface area (Å²) < 4.78 is 5.14. The standard InChI is InChI=1S/C14H21NO2/c1-3-17-14(16)12-10(2)9-15-13(12)11-7-5-4-6-8-11/h9,11,15H,3-8H2,1-2H3. The lowest BCUT2D eigenvalue weighted by Gasteiger charge is -2.21. The van der Waals surface area contributed by atoms with Gasteiger partial charge in [0.2, 0.25) is 0 Å². The van der Waals surface area contributed by atoms with Crippen molar-refractivity contribution in [2.24, 2.45) is 0 Å². The molecule has 17 heavy (non-hydrogen) atoms. The number of H-pyrrole nitrogens is 1. The van der Waals surface area contributed by atoms with E-state index in [9.17, 15) is 4.79 Å². The highest BCUT2D eigenvalue weighted by atomic mass is 16.5. The maximum absolute atomic E-state index is 11.9. The maximum atomic E-state index is 11.9. The zero-order valence-electron chi connectivity index (χ0n) is 10.7. The van der Waals surface area contributed by atoms with Crippen LogP contribution in [0.4, 0.5) is 0 Å². The van der Waals surface area contributed by atoms with Gasteiger partial charge in [-0.25, -0.2) is 4.79 Å². The Labute approximate surface area is 103 Å². The van der Waals surface area contributed by atoms with Gasteiger partial charge in [-0.2, -0.15) is 0 Å². The Hall–Kier alpha value is -1.25. The van der Waals surface area contributed by atoms with E-state index in [1.165, 1.54) is 32.1 Å². The molecule has 0 atom stereocenters. The van der Waals surface area contributed by atoms with Gasteiger partial charge in [0.05, 0.1) is 12.2 Å². The van der Waals surface area contributed by atoms with E-state index < -0.39 is 0 Å². The van der Waals surface area contributed by atoms with Crippen LogP contribution >= 0.6 is 0 Å². The van der Waals surface area contributed by atoms with Gasteiger partial charge in [-0.05, 0) is 38.2 Å². The summed E-state index contributed by atoms with van der Waals surface area (Å²) in [6.07, 6.45) is 8.16. The quantitative estimate of drug-likeness (QED) is 0.814. The van der Waals surface area contributed by atoms with Gasteiger partial charge in [0.1, 0.15) is 0 Å². The maximum Gasteiger partial charge on any atom is 0.340 e.